The van der Waals surface area contributed by atoms with Crippen LogP contribution in [0.5, 0.6) is 0 Å². The molecule has 0 aromatic heterocycles. The van der Waals surface area contributed by atoms with Gasteiger partial charge in [-0.05, 0) is 44.9 Å². The van der Waals surface area contributed by atoms with E-state index in [1.165, 1.54) is 12.8 Å². The van der Waals surface area contributed by atoms with E-state index in [2.05, 4.69) is 50.3 Å². The lowest BCUT2D eigenvalue weighted by atomic mass is 9.95. The van der Waals surface area contributed by atoms with Gasteiger partial charge >= 0.3 is 5.97 Å². The standard InChI is InChI=1S/C22H38O2/c1-3-5-7-8-9-10-11-12-13-14-15-16-17-18-20-21(22(23)24)19-6-4-2/h5,7,9-10,12-13,21H,3-4,6,8,11,14-20H2,1-2H3,(H,23,24). The quantitative estimate of drug-likeness (QED) is 0.242. The Morgan fingerprint density at radius 1 is 0.792 bits per heavy atom. The Bertz CT molecular complexity index is 366. The zero-order chi connectivity index (χ0) is 17.9. The Hall–Kier alpha value is -1.31. The summed E-state index contributed by atoms with van der Waals surface area (Å²) in [5, 5.41) is 9.19. The highest BCUT2D eigenvalue weighted by atomic mass is 16.4. The van der Waals surface area contributed by atoms with Crippen molar-refractivity contribution in [3.8, 4) is 0 Å². The summed E-state index contributed by atoms with van der Waals surface area (Å²) in [7, 11) is 0. The maximum absolute atomic E-state index is 11.2. The summed E-state index contributed by atoms with van der Waals surface area (Å²) < 4.78 is 0. The molecule has 2 nitrogen and oxygen atoms in total. The number of aliphatic carboxylic acids is 1. The predicted octanol–water partition coefficient (Wildman–Crippen LogP) is 7.08. The lowest BCUT2D eigenvalue weighted by molar-refractivity contribution is -0.142. The van der Waals surface area contributed by atoms with Crippen LogP contribution in [0.4, 0.5) is 0 Å². The first kappa shape index (κ1) is 22.7. The maximum atomic E-state index is 11.2. The first-order valence-electron chi connectivity index (χ1n) is 9.90. The molecular weight excluding hydrogens is 296 g/mol. The third-order valence-corrected chi connectivity index (χ3v) is 4.21. The van der Waals surface area contributed by atoms with Gasteiger partial charge < -0.3 is 5.11 Å². The van der Waals surface area contributed by atoms with Gasteiger partial charge in [0.25, 0.3) is 0 Å². The van der Waals surface area contributed by atoms with E-state index in [1.54, 1.807) is 0 Å². The molecule has 0 bridgehead atoms. The van der Waals surface area contributed by atoms with E-state index in [0.717, 1.165) is 64.2 Å². The normalized spacial score (nSPS) is 13.4. The highest BCUT2D eigenvalue weighted by molar-refractivity contribution is 5.69. The number of carboxylic acids is 1. The lowest BCUT2D eigenvalue weighted by Crippen LogP contribution is -2.13. The zero-order valence-corrected chi connectivity index (χ0v) is 15.9. The third kappa shape index (κ3) is 15.6. The van der Waals surface area contributed by atoms with Crippen LogP contribution in [0.2, 0.25) is 0 Å². The molecular formula is C22H38O2. The van der Waals surface area contributed by atoms with Crippen molar-refractivity contribution < 1.29 is 9.90 Å². The van der Waals surface area contributed by atoms with Crippen LogP contribution in [0.1, 0.15) is 90.9 Å². The first-order chi connectivity index (χ1) is 11.7. The van der Waals surface area contributed by atoms with Crippen molar-refractivity contribution in [2.24, 2.45) is 5.92 Å². The molecule has 1 N–H and O–H groups in total. The van der Waals surface area contributed by atoms with Gasteiger partial charge in [-0.3, -0.25) is 4.79 Å². The number of allylic oxidation sites excluding steroid dienone is 6. The molecule has 0 heterocycles. The molecule has 138 valence electrons. The molecule has 2 heteroatoms. The van der Waals surface area contributed by atoms with E-state index in [1.807, 2.05) is 0 Å². The van der Waals surface area contributed by atoms with Gasteiger partial charge in [0.15, 0.2) is 0 Å². The van der Waals surface area contributed by atoms with Crippen LogP contribution in [0.25, 0.3) is 0 Å². The Morgan fingerprint density at radius 2 is 1.38 bits per heavy atom. The van der Waals surface area contributed by atoms with Crippen LogP contribution >= 0.6 is 0 Å². The van der Waals surface area contributed by atoms with E-state index in [-0.39, 0.29) is 5.92 Å². The Morgan fingerprint density at radius 3 is 2.00 bits per heavy atom. The molecule has 1 atom stereocenters. The summed E-state index contributed by atoms with van der Waals surface area (Å²) in [5.74, 6) is -0.728. The second-order valence-corrected chi connectivity index (χ2v) is 6.46. The van der Waals surface area contributed by atoms with Crippen molar-refractivity contribution >= 4 is 5.97 Å². The minimum absolute atomic E-state index is 0.121. The number of hydrogen-bond donors (Lipinski definition) is 1. The molecule has 0 aliphatic heterocycles. The fourth-order valence-electron chi connectivity index (χ4n) is 2.67. The van der Waals surface area contributed by atoms with Crippen molar-refractivity contribution in [1.82, 2.24) is 0 Å². The van der Waals surface area contributed by atoms with E-state index >= 15 is 0 Å². The van der Waals surface area contributed by atoms with Crippen LogP contribution in [0, 0.1) is 5.92 Å². The van der Waals surface area contributed by atoms with Crippen molar-refractivity contribution in [1.29, 1.82) is 0 Å². The van der Waals surface area contributed by atoms with Crippen LogP contribution in [-0.4, -0.2) is 11.1 Å². The minimum atomic E-state index is -0.607. The molecule has 1 unspecified atom stereocenters. The molecule has 0 fully saturated rings. The summed E-state index contributed by atoms with van der Waals surface area (Å²) in [6, 6.07) is 0. The molecule has 24 heavy (non-hydrogen) atoms. The monoisotopic (exact) mass is 334 g/mol. The summed E-state index contributed by atoms with van der Waals surface area (Å²) in [5.41, 5.74) is 0. The van der Waals surface area contributed by atoms with Crippen LogP contribution in [0.3, 0.4) is 0 Å². The molecule has 0 amide bonds. The number of carbonyl (C=O) groups is 1. The summed E-state index contributed by atoms with van der Waals surface area (Å²) in [6.45, 7) is 4.27. The van der Waals surface area contributed by atoms with Crippen molar-refractivity contribution in [2.45, 2.75) is 90.9 Å². The van der Waals surface area contributed by atoms with Gasteiger partial charge in [0.2, 0.25) is 0 Å². The highest BCUT2D eigenvalue weighted by Crippen LogP contribution is 2.17. The van der Waals surface area contributed by atoms with Gasteiger partial charge in [0, 0.05) is 0 Å². The van der Waals surface area contributed by atoms with Crippen LogP contribution in [0.15, 0.2) is 36.5 Å². The molecule has 0 spiro atoms. The minimum Gasteiger partial charge on any atom is -0.481 e. The maximum Gasteiger partial charge on any atom is 0.306 e. The molecule has 0 aromatic carbocycles. The zero-order valence-electron chi connectivity index (χ0n) is 15.9. The number of unbranched alkanes of at least 4 members (excludes halogenated alkanes) is 5. The molecule has 0 rings (SSSR count). The number of rotatable bonds is 16. The third-order valence-electron chi connectivity index (χ3n) is 4.21. The molecule has 0 saturated carbocycles. The average molecular weight is 335 g/mol. The summed E-state index contributed by atoms with van der Waals surface area (Å²) >= 11 is 0. The Balaban J connectivity index is 3.50. The molecule has 0 radical (unpaired) electrons. The van der Waals surface area contributed by atoms with Gasteiger partial charge in [-0.15, -0.1) is 0 Å². The number of hydrogen-bond acceptors (Lipinski definition) is 1. The van der Waals surface area contributed by atoms with E-state index in [4.69, 9.17) is 0 Å². The molecule has 0 aliphatic carbocycles. The van der Waals surface area contributed by atoms with Gasteiger partial charge in [0.05, 0.1) is 5.92 Å². The predicted molar refractivity (Wildman–Crippen MR) is 105 cm³/mol. The van der Waals surface area contributed by atoms with Crippen molar-refractivity contribution in [3.63, 3.8) is 0 Å². The van der Waals surface area contributed by atoms with Crippen LogP contribution in [-0.2, 0) is 4.79 Å². The Labute approximate surface area is 149 Å². The van der Waals surface area contributed by atoms with Gasteiger partial charge in [-0.25, -0.2) is 0 Å². The van der Waals surface area contributed by atoms with Crippen molar-refractivity contribution in [3.05, 3.63) is 36.5 Å². The second kappa shape index (κ2) is 18.0. The molecule has 0 saturated heterocycles. The largest absolute Gasteiger partial charge is 0.481 e. The average Bonchev–Trinajstić information content (AvgIpc) is 2.57. The van der Waals surface area contributed by atoms with Crippen molar-refractivity contribution in [2.75, 3.05) is 0 Å². The smallest absolute Gasteiger partial charge is 0.306 e. The van der Waals surface area contributed by atoms with E-state index in [0.29, 0.717) is 0 Å². The lowest BCUT2D eigenvalue weighted by Gasteiger charge is -2.11. The topological polar surface area (TPSA) is 37.3 Å². The Kier molecular flexibility index (Phi) is 17.1. The second-order valence-electron chi connectivity index (χ2n) is 6.46. The van der Waals surface area contributed by atoms with Gasteiger partial charge in [0.1, 0.15) is 0 Å². The first-order valence-corrected chi connectivity index (χ1v) is 9.90. The highest BCUT2D eigenvalue weighted by Gasteiger charge is 2.15. The summed E-state index contributed by atoms with van der Waals surface area (Å²) in [6.07, 6.45) is 26.1. The molecule has 0 aromatic rings. The molecule has 0 aliphatic rings. The number of carboxylic acid groups (broad SMARTS) is 1. The van der Waals surface area contributed by atoms with Gasteiger partial charge in [-0.2, -0.15) is 0 Å². The van der Waals surface area contributed by atoms with Crippen LogP contribution < -0.4 is 0 Å². The van der Waals surface area contributed by atoms with E-state index < -0.39 is 5.97 Å². The van der Waals surface area contributed by atoms with Gasteiger partial charge in [-0.1, -0.05) is 82.4 Å². The van der Waals surface area contributed by atoms with E-state index in [9.17, 15) is 9.90 Å². The fourth-order valence-corrected chi connectivity index (χ4v) is 2.67. The fraction of sp³-hybridized carbons (Fsp3) is 0.682. The SMILES string of the molecule is CCC=CCC=CCC=CCCCCCCC(CCCC)C(=O)O. The summed E-state index contributed by atoms with van der Waals surface area (Å²) in [4.78, 5) is 11.2.